The number of methoxy groups -OCH3 is 1. The maximum absolute atomic E-state index is 12.2. The van der Waals surface area contributed by atoms with Gasteiger partial charge in [-0.15, -0.1) is 0 Å². The predicted octanol–water partition coefficient (Wildman–Crippen LogP) is 4.23. The van der Waals surface area contributed by atoms with Crippen LogP contribution in [-0.2, 0) is 11.2 Å². The maximum Gasteiger partial charge on any atom is 0.356 e. The summed E-state index contributed by atoms with van der Waals surface area (Å²) in [6.07, 6.45) is 0.633. The number of nitrogens with one attached hydrogen (secondary N) is 1. The standard InChI is InChI=1S/C18H16ClNO3/c1-22-13-8-6-12(7-9-13)10-11-23-18(21)17-16(19)14-4-2-3-5-15(14)20-17/h2-9,20H,10-11H2,1H3. The molecule has 0 aliphatic carbocycles. The van der Waals surface area contributed by atoms with Crippen molar-refractivity contribution in [2.45, 2.75) is 6.42 Å². The van der Waals surface area contributed by atoms with E-state index in [4.69, 9.17) is 21.1 Å². The molecule has 3 aromatic rings. The molecule has 3 rings (SSSR count). The Morgan fingerprint density at radius 1 is 1.13 bits per heavy atom. The Labute approximate surface area is 139 Å². The van der Waals surface area contributed by atoms with Crippen molar-refractivity contribution in [2.75, 3.05) is 13.7 Å². The largest absolute Gasteiger partial charge is 0.497 e. The first-order valence-corrected chi connectivity index (χ1v) is 7.63. The first kappa shape index (κ1) is 15.4. The molecule has 1 aromatic heterocycles. The molecule has 23 heavy (non-hydrogen) atoms. The van der Waals surface area contributed by atoms with Crippen LogP contribution in [0.2, 0.25) is 5.02 Å². The molecule has 0 atom stereocenters. The molecule has 0 saturated carbocycles. The minimum absolute atomic E-state index is 0.289. The second-order valence-corrected chi connectivity index (χ2v) is 5.47. The van der Waals surface area contributed by atoms with Crippen molar-refractivity contribution in [1.82, 2.24) is 4.98 Å². The lowest BCUT2D eigenvalue weighted by atomic mass is 10.1. The van der Waals surface area contributed by atoms with Gasteiger partial charge in [-0.2, -0.15) is 0 Å². The van der Waals surface area contributed by atoms with Crippen LogP contribution in [0.4, 0.5) is 0 Å². The predicted molar refractivity (Wildman–Crippen MR) is 90.3 cm³/mol. The Balaban J connectivity index is 1.63. The molecule has 1 N–H and O–H groups in total. The lowest BCUT2D eigenvalue weighted by Gasteiger charge is -2.05. The van der Waals surface area contributed by atoms with Crippen LogP contribution >= 0.6 is 11.6 Å². The van der Waals surface area contributed by atoms with E-state index < -0.39 is 5.97 Å². The number of benzene rings is 2. The van der Waals surface area contributed by atoms with Gasteiger partial charge < -0.3 is 14.5 Å². The number of H-pyrrole nitrogens is 1. The van der Waals surface area contributed by atoms with Crippen LogP contribution in [0.25, 0.3) is 10.9 Å². The number of rotatable bonds is 5. The molecule has 0 radical (unpaired) electrons. The summed E-state index contributed by atoms with van der Waals surface area (Å²) < 4.78 is 10.4. The zero-order valence-corrected chi connectivity index (χ0v) is 13.4. The highest BCUT2D eigenvalue weighted by Crippen LogP contribution is 2.27. The van der Waals surface area contributed by atoms with Gasteiger partial charge in [-0.1, -0.05) is 41.9 Å². The van der Waals surface area contributed by atoms with Crippen LogP contribution in [0.5, 0.6) is 5.75 Å². The molecule has 0 bridgehead atoms. The van der Waals surface area contributed by atoms with Gasteiger partial charge in [-0.25, -0.2) is 4.79 Å². The number of carbonyl (C=O) groups excluding carboxylic acids is 1. The summed E-state index contributed by atoms with van der Waals surface area (Å²) in [5.41, 5.74) is 2.18. The van der Waals surface area contributed by atoms with E-state index >= 15 is 0 Å². The first-order chi connectivity index (χ1) is 11.2. The number of para-hydroxylation sites is 1. The van der Waals surface area contributed by atoms with E-state index in [1.165, 1.54) is 0 Å². The van der Waals surface area contributed by atoms with Crippen molar-refractivity contribution in [2.24, 2.45) is 0 Å². The molecule has 5 heteroatoms. The zero-order chi connectivity index (χ0) is 16.2. The summed E-state index contributed by atoms with van der Waals surface area (Å²) in [4.78, 5) is 15.2. The number of carbonyl (C=O) groups is 1. The summed E-state index contributed by atoms with van der Waals surface area (Å²) in [5, 5.41) is 1.21. The highest BCUT2D eigenvalue weighted by molar-refractivity contribution is 6.38. The van der Waals surface area contributed by atoms with E-state index in [9.17, 15) is 4.79 Å². The van der Waals surface area contributed by atoms with Gasteiger partial charge >= 0.3 is 5.97 Å². The monoisotopic (exact) mass is 329 g/mol. The highest BCUT2D eigenvalue weighted by atomic mass is 35.5. The number of aromatic amines is 1. The van der Waals surface area contributed by atoms with Crippen molar-refractivity contribution >= 4 is 28.5 Å². The maximum atomic E-state index is 12.2. The van der Waals surface area contributed by atoms with E-state index in [0.29, 0.717) is 17.1 Å². The van der Waals surface area contributed by atoms with Gasteiger partial charge in [0.2, 0.25) is 0 Å². The fourth-order valence-electron chi connectivity index (χ4n) is 2.37. The van der Waals surface area contributed by atoms with Crippen LogP contribution in [0.15, 0.2) is 48.5 Å². The van der Waals surface area contributed by atoms with Crippen LogP contribution < -0.4 is 4.74 Å². The number of esters is 1. The number of ether oxygens (including phenoxy) is 2. The normalized spacial score (nSPS) is 10.7. The van der Waals surface area contributed by atoms with Gasteiger partial charge in [0, 0.05) is 17.3 Å². The molecule has 1 heterocycles. The Bertz CT molecular complexity index is 824. The minimum Gasteiger partial charge on any atom is -0.497 e. The van der Waals surface area contributed by atoms with E-state index in [0.717, 1.165) is 22.2 Å². The quantitative estimate of drug-likeness (QED) is 0.713. The van der Waals surface area contributed by atoms with E-state index in [1.54, 1.807) is 7.11 Å². The van der Waals surface area contributed by atoms with E-state index in [-0.39, 0.29) is 6.61 Å². The van der Waals surface area contributed by atoms with Crippen LogP contribution in [0.1, 0.15) is 16.1 Å². The summed E-state index contributed by atoms with van der Waals surface area (Å²) in [6, 6.07) is 15.1. The summed E-state index contributed by atoms with van der Waals surface area (Å²) >= 11 is 6.24. The molecule has 4 nitrogen and oxygen atoms in total. The Hall–Kier alpha value is -2.46. The van der Waals surface area contributed by atoms with Crippen molar-refractivity contribution in [3.8, 4) is 5.75 Å². The molecular weight excluding hydrogens is 314 g/mol. The average Bonchev–Trinajstić information content (AvgIpc) is 2.93. The van der Waals surface area contributed by atoms with Gasteiger partial charge in [0.15, 0.2) is 0 Å². The van der Waals surface area contributed by atoms with Crippen LogP contribution in [-0.4, -0.2) is 24.7 Å². The average molecular weight is 330 g/mol. The van der Waals surface area contributed by atoms with Gasteiger partial charge in [0.25, 0.3) is 0 Å². The fourth-order valence-corrected chi connectivity index (χ4v) is 2.66. The Kier molecular flexibility index (Phi) is 4.53. The van der Waals surface area contributed by atoms with Crippen LogP contribution in [0, 0.1) is 0 Å². The molecule has 0 spiro atoms. The molecule has 0 saturated heterocycles. The summed E-state index contributed by atoms with van der Waals surface area (Å²) in [6.45, 7) is 0.289. The van der Waals surface area contributed by atoms with Crippen LogP contribution in [0.3, 0.4) is 0 Å². The molecule has 118 valence electrons. The molecule has 0 amide bonds. The first-order valence-electron chi connectivity index (χ1n) is 7.25. The smallest absolute Gasteiger partial charge is 0.356 e. The summed E-state index contributed by atoms with van der Waals surface area (Å²) in [7, 11) is 1.63. The lowest BCUT2D eigenvalue weighted by molar-refractivity contribution is 0.0503. The third kappa shape index (κ3) is 3.32. The van der Waals surface area contributed by atoms with Gasteiger partial charge in [-0.3, -0.25) is 0 Å². The third-order valence-corrected chi connectivity index (χ3v) is 4.02. The number of fused-ring (bicyclic) bond motifs is 1. The second-order valence-electron chi connectivity index (χ2n) is 5.09. The molecule has 0 unspecified atom stereocenters. The zero-order valence-electron chi connectivity index (χ0n) is 12.6. The van der Waals surface area contributed by atoms with Crippen molar-refractivity contribution in [3.05, 3.63) is 64.8 Å². The Morgan fingerprint density at radius 2 is 1.87 bits per heavy atom. The van der Waals surface area contributed by atoms with Gasteiger partial charge in [-0.05, 0) is 23.8 Å². The third-order valence-electron chi connectivity index (χ3n) is 3.63. The summed E-state index contributed by atoms with van der Waals surface area (Å²) in [5.74, 6) is 0.357. The van der Waals surface area contributed by atoms with Gasteiger partial charge in [0.05, 0.1) is 18.7 Å². The van der Waals surface area contributed by atoms with Crippen molar-refractivity contribution < 1.29 is 14.3 Å². The fraction of sp³-hybridized carbons (Fsp3) is 0.167. The molecule has 2 aromatic carbocycles. The molecule has 0 aliphatic heterocycles. The van der Waals surface area contributed by atoms with Crippen molar-refractivity contribution in [3.63, 3.8) is 0 Å². The minimum atomic E-state index is -0.445. The SMILES string of the molecule is COc1ccc(CCOC(=O)c2[nH]c3ccccc3c2Cl)cc1. The number of hydrogen-bond donors (Lipinski definition) is 1. The van der Waals surface area contributed by atoms with Crippen molar-refractivity contribution in [1.29, 1.82) is 0 Å². The van der Waals surface area contributed by atoms with E-state index in [2.05, 4.69) is 4.98 Å². The molecular formula is C18H16ClNO3. The number of hydrogen-bond acceptors (Lipinski definition) is 3. The Morgan fingerprint density at radius 3 is 2.57 bits per heavy atom. The topological polar surface area (TPSA) is 51.3 Å². The molecule has 0 fully saturated rings. The van der Waals surface area contributed by atoms with Gasteiger partial charge in [0.1, 0.15) is 11.4 Å². The molecule has 0 aliphatic rings. The number of aromatic nitrogens is 1. The lowest BCUT2D eigenvalue weighted by Crippen LogP contribution is -2.09. The second kappa shape index (κ2) is 6.75. The van der Waals surface area contributed by atoms with E-state index in [1.807, 2.05) is 48.5 Å². The highest BCUT2D eigenvalue weighted by Gasteiger charge is 2.17. The number of halogens is 1.